The molecule has 1 aromatic carbocycles. The molecule has 0 bridgehead atoms. The summed E-state index contributed by atoms with van der Waals surface area (Å²) in [5, 5.41) is 0. The van der Waals surface area contributed by atoms with Crippen LogP contribution in [0.2, 0.25) is 0 Å². The molecule has 3 nitrogen and oxygen atoms in total. The van der Waals surface area contributed by atoms with E-state index in [1.54, 1.807) is 0 Å². The quantitative estimate of drug-likeness (QED) is 0.856. The summed E-state index contributed by atoms with van der Waals surface area (Å²) in [7, 11) is 0. The number of ether oxygens (including phenoxy) is 1. The van der Waals surface area contributed by atoms with E-state index in [9.17, 15) is 0 Å². The summed E-state index contributed by atoms with van der Waals surface area (Å²) in [5.74, 6) is 0. The zero-order valence-corrected chi connectivity index (χ0v) is 10.6. The molecular weight excluding hydrogens is 212 g/mol. The van der Waals surface area contributed by atoms with Gasteiger partial charge in [-0.2, -0.15) is 0 Å². The van der Waals surface area contributed by atoms with Crippen molar-refractivity contribution in [1.82, 2.24) is 4.90 Å². The van der Waals surface area contributed by atoms with Crippen LogP contribution in [0.1, 0.15) is 18.1 Å². The highest BCUT2D eigenvalue weighted by molar-refractivity contribution is 5.24. The van der Waals surface area contributed by atoms with E-state index < -0.39 is 0 Å². The highest BCUT2D eigenvalue weighted by atomic mass is 16.5. The van der Waals surface area contributed by atoms with Gasteiger partial charge in [0.2, 0.25) is 0 Å². The first-order chi connectivity index (χ1) is 8.24. The van der Waals surface area contributed by atoms with E-state index in [4.69, 9.17) is 10.5 Å². The van der Waals surface area contributed by atoms with Crippen LogP contribution in [0, 0.1) is 0 Å². The van der Waals surface area contributed by atoms with Crippen molar-refractivity contribution in [3.63, 3.8) is 0 Å². The summed E-state index contributed by atoms with van der Waals surface area (Å²) in [6, 6.07) is 8.99. The Balaban J connectivity index is 1.95. The predicted molar refractivity (Wildman–Crippen MR) is 69.9 cm³/mol. The average Bonchev–Trinajstić information content (AvgIpc) is 2.30. The molecule has 0 amide bonds. The van der Waals surface area contributed by atoms with Gasteiger partial charge in [-0.25, -0.2) is 0 Å². The molecule has 1 saturated heterocycles. The zero-order chi connectivity index (χ0) is 12.1. The second kappa shape index (κ2) is 6.15. The Morgan fingerprint density at radius 1 is 1.29 bits per heavy atom. The van der Waals surface area contributed by atoms with Crippen LogP contribution in [-0.4, -0.2) is 37.2 Å². The van der Waals surface area contributed by atoms with Gasteiger partial charge in [0.15, 0.2) is 0 Å². The lowest BCUT2D eigenvalue weighted by Crippen LogP contribution is -2.35. The highest BCUT2D eigenvalue weighted by Crippen LogP contribution is 2.11. The van der Waals surface area contributed by atoms with Crippen molar-refractivity contribution >= 4 is 0 Å². The fourth-order valence-corrected chi connectivity index (χ4v) is 2.24. The Morgan fingerprint density at radius 3 is 2.71 bits per heavy atom. The Bertz CT molecular complexity index is 346. The normalized spacial score (nSPS) is 19.2. The Kier molecular flexibility index (Phi) is 4.54. The van der Waals surface area contributed by atoms with Gasteiger partial charge >= 0.3 is 0 Å². The molecular formula is C14H22N2O. The van der Waals surface area contributed by atoms with Gasteiger partial charge in [0.25, 0.3) is 0 Å². The molecule has 1 aliphatic rings. The summed E-state index contributed by atoms with van der Waals surface area (Å²) in [6.07, 6.45) is 0.955. The van der Waals surface area contributed by atoms with E-state index in [0.717, 1.165) is 39.3 Å². The van der Waals surface area contributed by atoms with Crippen molar-refractivity contribution in [3.8, 4) is 0 Å². The second-order valence-corrected chi connectivity index (χ2v) is 4.89. The van der Waals surface area contributed by atoms with Crippen LogP contribution in [0.25, 0.3) is 0 Å². The van der Waals surface area contributed by atoms with E-state index in [-0.39, 0.29) is 6.04 Å². The third-order valence-corrected chi connectivity index (χ3v) is 3.06. The molecule has 0 aliphatic carbocycles. The van der Waals surface area contributed by atoms with Crippen LogP contribution in [0.15, 0.2) is 24.3 Å². The zero-order valence-electron chi connectivity index (χ0n) is 10.6. The lowest BCUT2D eigenvalue weighted by molar-refractivity contribution is 0.0342. The third kappa shape index (κ3) is 4.11. The van der Waals surface area contributed by atoms with E-state index in [1.807, 2.05) is 0 Å². The maximum atomic E-state index is 5.83. The maximum Gasteiger partial charge on any atom is 0.0594 e. The molecule has 0 radical (unpaired) electrons. The second-order valence-electron chi connectivity index (χ2n) is 4.89. The molecule has 0 spiro atoms. The fourth-order valence-electron chi connectivity index (χ4n) is 2.24. The van der Waals surface area contributed by atoms with Gasteiger partial charge in [-0.05, 0) is 24.5 Å². The molecule has 94 valence electrons. The molecule has 1 fully saturated rings. The van der Waals surface area contributed by atoms with Gasteiger partial charge in [0.1, 0.15) is 0 Å². The monoisotopic (exact) mass is 234 g/mol. The molecule has 2 N–H and O–H groups in total. The number of morpholine rings is 1. The molecule has 2 rings (SSSR count). The highest BCUT2D eigenvalue weighted by Gasteiger charge is 2.10. The largest absolute Gasteiger partial charge is 0.379 e. The van der Waals surface area contributed by atoms with Crippen molar-refractivity contribution in [2.45, 2.75) is 25.9 Å². The Labute approximate surface area is 104 Å². The average molecular weight is 234 g/mol. The van der Waals surface area contributed by atoms with E-state index in [2.05, 4.69) is 36.1 Å². The first-order valence-corrected chi connectivity index (χ1v) is 6.37. The standard InChI is InChI=1S/C14H22N2O/c1-12(15)9-13-3-2-4-14(10-13)11-16-5-7-17-8-6-16/h2-4,10,12H,5-9,11,15H2,1H3. The SMILES string of the molecule is CC(N)Cc1cccc(CN2CCOCC2)c1. The number of hydrogen-bond acceptors (Lipinski definition) is 3. The van der Waals surface area contributed by atoms with Crippen molar-refractivity contribution < 1.29 is 4.74 Å². The minimum atomic E-state index is 0.230. The minimum Gasteiger partial charge on any atom is -0.379 e. The Hall–Kier alpha value is -0.900. The van der Waals surface area contributed by atoms with Gasteiger partial charge < -0.3 is 10.5 Å². The molecule has 0 saturated carbocycles. The lowest BCUT2D eigenvalue weighted by atomic mass is 10.0. The van der Waals surface area contributed by atoms with Crippen molar-refractivity contribution in [3.05, 3.63) is 35.4 Å². The van der Waals surface area contributed by atoms with Crippen LogP contribution >= 0.6 is 0 Å². The van der Waals surface area contributed by atoms with Gasteiger partial charge in [-0.3, -0.25) is 4.90 Å². The maximum absolute atomic E-state index is 5.83. The van der Waals surface area contributed by atoms with E-state index in [0.29, 0.717) is 0 Å². The lowest BCUT2D eigenvalue weighted by Gasteiger charge is -2.26. The molecule has 1 aliphatic heterocycles. The van der Waals surface area contributed by atoms with Gasteiger partial charge in [0, 0.05) is 25.7 Å². The molecule has 1 atom stereocenters. The predicted octanol–water partition coefficient (Wildman–Crippen LogP) is 1.41. The summed E-state index contributed by atoms with van der Waals surface area (Å²) >= 11 is 0. The van der Waals surface area contributed by atoms with E-state index >= 15 is 0 Å². The van der Waals surface area contributed by atoms with Crippen LogP contribution < -0.4 is 5.73 Å². The number of nitrogens with zero attached hydrogens (tertiary/aromatic N) is 1. The van der Waals surface area contributed by atoms with Gasteiger partial charge in [-0.15, -0.1) is 0 Å². The number of benzene rings is 1. The number of hydrogen-bond donors (Lipinski definition) is 1. The van der Waals surface area contributed by atoms with Crippen molar-refractivity contribution in [2.75, 3.05) is 26.3 Å². The van der Waals surface area contributed by atoms with E-state index in [1.165, 1.54) is 11.1 Å². The van der Waals surface area contributed by atoms with Crippen LogP contribution in [0.4, 0.5) is 0 Å². The van der Waals surface area contributed by atoms with Crippen LogP contribution in [-0.2, 0) is 17.7 Å². The topological polar surface area (TPSA) is 38.5 Å². The first kappa shape index (κ1) is 12.6. The summed E-state index contributed by atoms with van der Waals surface area (Å²) in [4.78, 5) is 2.44. The molecule has 1 unspecified atom stereocenters. The van der Waals surface area contributed by atoms with Gasteiger partial charge in [0.05, 0.1) is 13.2 Å². The third-order valence-electron chi connectivity index (χ3n) is 3.06. The first-order valence-electron chi connectivity index (χ1n) is 6.37. The van der Waals surface area contributed by atoms with Crippen LogP contribution in [0.5, 0.6) is 0 Å². The van der Waals surface area contributed by atoms with Crippen molar-refractivity contribution in [2.24, 2.45) is 5.73 Å². The summed E-state index contributed by atoms with van der Waals surface area (Å²) in [5.41, 5.74) is 8.55. The smallest absolute Gasteiger partial charge is 0.0594 e. The fraction of sp³-hybridized carbons (Fsp3) is 0.571. The molecule has 0 aromatic heterocycles. The molecule has 1 heterocycles. The minimum absolute atomic E-state index is 0.230. The summed E-state index contributed by atoms with van der Waals surface area (Å²) in [6.45, 7) is 6.87. The molecule has 3 heteroatoms. The summed E-state index contributed by atoms with van der Waals surface area (Å²) < 4.78 is 5.36. The Morgan fingerprint density at radius 2 is 2.00 bits per heavy atom. The van der Waals surface area contributed by atoms with Gasteiger partial charge in [-0.1, -0.05) is 24.3 Å². The van der Waals surface area contributed by atoms with Crippen molar-refractivity contribution in [1.29, 1.82) is 0 Å². The number of nitrogens with two attached hydrogens (primary N) is 1. The molecule has 17 heavy (non-hydrogen) atoms. The van der Waals surface area contributed by atoms with Crippen LogP contribution in [0.3, 0.4) is 0 Å². The number of rotatable bonds is 4. The molecule has 1 aromatic rings.